The molecule has 1 unspecified atom stereocenters. The van der Waals surface area contributed by atoms with Crippen LogP contribution in [0.15, 0.2) is 12.1 Å². The van der Waals surface area contributed by atoms with Gasteiger partial charge < -0.3 is 10.5 Å². The number of nitrogens with zero attached hydrogens (tertiary/aromatic N) is 1. The van der Waals surface area contributed by atoms with Crippen molar-refractivity contribution in [2.24, 2.45) is 5.73 Å². The van der Waals surface area contributed by atoms with Gasteiger partial charge in [-0.2, -0.15) is 0 Å². The molecule has 0 aromatic heterocycles. The Balaban J connectivity index is 2.43. The van der Waals surface area contributed by atoms with Crippen LogP contribution in [-0.2, 0) is 13.0 Å². The second-order valence-electron chi connectivity index (χ2n) is 4.70. The van der Waals surface area contributed by atoms with Crippen LogP contribution in [0.3, 0.4) is 0 Å². The minimum Gasteiger partial charge on any atom is -0.494 e. The van der Waals surface area contributed by atoms with E-state index >= 15 is 0 Å². The van der Waals surface area contributed by atoms with Gasteiger partial charge in [-0.25, -0.2) is 0 Å². The molecule has 0 bridgehead atoms. The van der Waals surface area contributed by atoms with Gasteiger partial charge in [0.1, 0.15) is 5.75 Å². The fraction of sp³-hybridized carbons (Fsp3) is 0.571. The minimum absolute atomic E-state index is 0.463. The summed E-state index contributed by atoms with van der Waals surface area (Å²) in [6.45, 7) is 6.61. The first-order valence-corrected chi connectivity index (χ1v) is 6.36. The van der Waals surface area contributed by atoms with Crippen molar-refractivity contribution in [3.05, 3.63) is 28.8 Å². The van der Waals surface area contributed by atoms with E-state index in [0.29, 0.717) is 19.2 Å². The monoisotopic (exact) mass is 234 g/mol. The first-order chi connectivity index (χ1) is 8.17. The van der Waals surface area contributed by atoms with Crippen molar-refractivity contribution in [1.82, 2.24) is 4.90 Å². The summed E-state index contributed by atoms with van der Waals surface area (Å²) in [6, 6.07) is 4.87. The number of likely N-dealkylation sites (N-methyl/N-ethyl adjacent to an activating group) is 1. The van der Waals surface area contributed by atoms with Crippen LogP contribution in [0.25, 0.3) is 0 Å². The van der Waals surface area contributed by atoms with Crippen molar-refractivity contribution in [2.75, 3.05) is 20.2 Å². The molecule has 1 atom stereocenters. The molecule has 94 valence electrons. The lowest BCUT2D eigenvalue weighted by Gasteiger charge is -2.33. The highest BCUT2D eigenvalue weighted by atomic mass is 16.5. The van der Waals surface area contributed by atoms with Crippen molar-refractivity contribution < 1.29 is 4.74 Å². The Morgan fingerprint density at radius 2 is 2.24 bits per heavy atom. The lowest BCUT2D eigenvalue weighted by atomic mass is 9.91. The van der Waals surface area contributed by atoms with Crippen LogP contribution < -0.4 is 10.5 Å². The molecule has 2 N–H and O–H groups in total. The quantitative estimate of drug-likeness (QED) is 0.870. The van der Waals surface area contributed by atoms with Gasteiger partial charge >= 0.3 is 0 Å². The molecule has 1 aromatic carbocycles. The highest BCUT2D eigenvalue weighted by molar-refractivity contribution is 5.45. The Kier molecular flexibility index (Phi) is 3.69. The third kappa shape index (κ3) is 2.31. The summed E-state index contributed by atoms with van der Waals surface area (Å²) in [5.74, 6) is 0.955. The van der Waals surface area contributed by atoms with Gasteiger partial charge in [0.2, 0.25) is 0 Å². The number of benzene rings is 1. The number of ether oxygens (including phenoxy) is 1. The van der Waals surface area contributed by atoms with Gasteiger partial charge in [-0.15, -0.1) is 0 Å². The summed E-state index contributed by atoms with van der Waals surface area (Å²) in [5.41, 5.74) is 9.73. The Hall–Kier alpha value is -1.06. The van der Waals surface area contributed by atoms with E-state index in [1.54, 1.807) is 0 Å². The van der Waals surface area contributed by atoms with Gasteiger partial charge in [-0.05, 0) is 44.5 Å². The standard InChI is InChI=1S/C14H22N2O/c1-4-17-14-8-13-10(2)16(3)6-5-11(13)7-12(14)9-15/h7-8,10H,4-6,9,15H2,1-3H3. The van der Waals surface area contributed by atoms with E-state index in [-0.39, 0.29) is 0 Å². The Morgan fingerprint density at radius 1 is 1.47 bits per heavy atom. The summed E-state index contributed by atoms with van der Waals surface area (Å²) >= 11 is 0. The molecule has 3 nitrogen and oxygen atoms in total. The zero-order chi connectivity index (χ0) is 12.4. The van der Waals surface area contributed by atoms with Crippen molar-refractivity contribution in [3.8, 4) is 5.75 Å². The molecular weight excluding hydrogens is 212 g/mol. The maximum Gasteiger partial charge on any atom is 0.124 e. The SMILES string of the molecule is CCOc1cc2c(cc1CN)CCN(C)C2C. The lowest BCUT2D eigenvalue weighted by Crippen LogP contribution is -2.30. The third-order valence-corrected chi connectivity index (χ3v) is 3.69. The summed E-state index contributed by atoms with van der Waals surface area (Å²) in [5, 5.41) is 0. The molecule has 3 heteroatoms. The number of fused-ring (bicyclic) bond motifs is 1. The van der Waals surface area contributed by atoms with Crippen molar-refractivity contribution >= 4 is 0 Å². The van der Waals surface area contributed by atoms with E-state index in [9.17, 15) is 0 Å². The lowest BCUT2D eigenvalue weighted by molar-refractivity contribution is 0.246. The van der Waals surface area contributed by atoms with Gasteiger partial charge in [0.05, 0.1) is 6.61 Å². The first-order valence-electron chi connectivity index (χ1n) is 6.36. The van der Waals surface area contributed by atoms with Crippen LogP contribution >= 0.6 is 0 Å². The van der Waals surface area contributed by atoms with Crippen molar-refractivity contribution in [3.63, 3.8) is 0 Å². The molecule has 0 aliphatic carbocycles. The molecule has 17 heavy (non-hydrogen) atoms. The summed E-state index contributed by atoms with van der Waals surface area (Å²) < 4.78 is 5.68. The molecular formula is C14H22N2O. The van der Waals surface area contributed by atoms with E-state index < -0.39 is 0 Å². The first kappa shape index (κ1) is 12.4. The van der Waals surface area contributed by atoms with Crippen LogP contribution in [0.2, 0.25) is 0 Å². The van der Waals surface area contributed by atoms with E-state index in [1.807, 2.05) is 6.92 Å². The zero-order valence-electron chi connectivity index (χ0n) is 11.0. The van der Waals surface area contributed by atoms with Gasteiger partial charge in [-0.1, -0.05) is 6.07 Å². The molecule has 0 amide bonds. The van der Waals surface area contributed by atoms with Crippen LogP contribution in [0.4, 0.5) is 0 Å². The molecule has 2 rings (SSSR count). The average molecular weight is 234 g/mol. The maximum absolute atomic E-state index is 5.79. The normalized spacial score (nSPS) is 20.1. The van der Waals surface area contributed by atoms with Gasteiger partial charge in [-0.3, -0.25) is 4.90 Å². The van der Waals surface area contributed by atoms with Gasteiger partial charge in [0.15, 0.2) is 0 Å². The van der Waals surface area contributed by atoms with Gasteiger partial charge in [0.25, 0.3) is 0 Å². The smallest absolute Gasteiger partial charge is 0.124 e. The van der Waals surface area contributed by atoms with E-state index in [0.717, 1.165) is 24.3 Å². The molecule has 0 saturated carbocycles. The van der Waals surface area contributed by atoms with Crippen LogP contribution in [0.5, 0.6) is 5.75 Å². The topological polar surface area (TPSA) is 38.5 Å². The number of rotatable bonds is 3. The van der Waals surface area contributed by atoms with Crippen molar-refractivity contribution in [1.29, 1.82) is 0 Å². The highest BCUT2D eigenvalue weighted by Crippen LogP contribution is 2.33. The zero-order valence-corrected chi connectivity index (χ0v) is 11.0. The van der Waals surface area contributed by atoms with E-state index in [2.05, 4.69) is 31.0 Å². The second kappa shape index (κ2) is 5.07. The molecule has 0 spiro atoms. The van der Waals surface area contributed by atoms with Crippen LogP contribution in [0.1, 0.15) is 36.6 Å². The minimum atomic E-state index is 0.463. The Labute approximate surface area is 104 Å². The average Bonchev–Trinajstić information content (AvgIpc) is 2.34. The molecule has 1 heterocycles. The van der Waals surface area contributed by atoms with Crippen molar-refractivity contribution in [2.45, 2.75) is 32.9 Å². The fourth-order valence-electron chi connectivity index (χ4n) is 2.47. The van der Waals surface area contributed by atoms with E-state index in [1.165, 1.54) is 11.1 Å². The Bertz CT molecular complexity index is 403. The van der Waals surface area contributed by atoms with E-state index in [4.69, 9.17) is 10.5 Å². The third-order valence-electron chi connectivity index (χ3n) is 3.69. The second-order valence-corrected chi connectivity index (χ2v) is 4.70. The molecule has 0 saturated heterocycles. The summed E-state index contributed by atoms with van der Waals surface area (Å²) in [7, 11) is 2.17. The van der Waals surface area contributed by atoms with Gasteiger partial charge in [0, 0.05) is 24.7 Å². The number of hydrogen-bond acceptors (Lipinski definition) is 3. The fourth-order valence-corrected chi connectivity index (χ4v) is 2.47. The maximum atomic E-state index is 5.79. The summed E-state index contributed by atoms with van der Waals surface area (Å²) in [4.78, 5) is 2.38. The number of hydrogen-bond donors (Lipinski definition) is 1. The predicted octanol–water partition coefficient (Wildman–Crippen LogP) is 2.09. The molecule has 1 aliphatic rings. The molecule has 0 radical (unpaired) electrons. The Morgan fingerprint density at radius 3 is 2.88 bits per heavy atom. The predicted molar refractivity (Wildman–Crippen MR) is 70.3 cm³/mol. The molecule has 1 aliphatic heterocycles. The molecule has 0 fully saturated rings. The highest BCUT2D eigenvalue weighted by Gasteiger charge is 2.22. The van der Waals surface area contributed by atoms with Crippen LogP contribution in [-0.4, -0.2) is 25.1 Å². The largest absolute Gasteiger partial charge is 0.494 e. The summed E-state index contributed by atoms with van der Waals surface area (Å²) in [6.07, 6.45) is 1.11. The molecule has 1 aromatic rings. The number of nitrogens with two attached hydrogens (primary N) is 1. The van der Waals surface area contributed by atoms with Crippen LogP contribution in [0, 0.1) is 0 Å².